The normalized spacial score (nSPS) is 18.0. The highest BCUT2D eigenvalue weighted by Crippen LogP contribution is 2.27. The minimum absolute atomic E-state index is 0.197. The molecule has 0 spiro atoms. The molecule has 1 unspecified atom stereocenters. The van der Waals surface area contributed by atoms with Crippen molar-refractivity contribution in [3.05, 3.63) is 30.3 Å². The van der Waals surface area contributed by atoms with E-state index >= 15 is 0 Å². The lowest BCUT2D eigenvalue weighted by Gasteiger charge is -2.40. The smallest absolute Gasteiger partial charge is 0.227 e. The van der Waals surface area contributed by atoms with Crippen molar-refractivity contribution in [2.45, 2.75) is 39.7 Å². The van der Waals surface area contributed by atoms with Crippen LogP contribution in [0.2, 0.25) is 0 Å². The molecule has 2 aromatic rings. The summed E-state index contributed by atoms with van der Waals surface area (Å²) in [5.74, 6) is 2.01. The molecule has 140 valence electrons. The van der Waals surface area contributed by atoms with Crippen molar-refractivity contribution in [2.24, 2.45) is 5.41 Å². The maximum Gasteiger partial charge on any atom is 0.227 e. The summed E-state index contributed by atoms with van der Waals surface area (Å²) in [5, 5.41) is 1.07. The zero-order chi connectivity index (χ0) is 18.9. The molecule has 1 aromatic heterocycles. The molecule has 1 amide bonds. The molecule has 0 radical (unpaired) electrons. The van der Waals surface area contributed by atoms with E-state index in [9.17, 15) is 4.79 Å². The van der Waals surface area contributed by atoms with Crippen molar-refractivity contribution in [1.82, 2.24) is 9.88 Å². The number of hydrogen-bond donors (Lipinski definition) is 0. The number of rotatable bonds is 3. The van der Waals surface area contributed by atoms with Crippen molar-refractivity contribution < 1.29 is 9.53 Å². The van der Waals surface area contributed by atoms with Crippen LogP contribution in [0.25, 0.3) is 10.9 Å². The van der Waals surface area contributed by atoms with Crippen LogP contribution in [0.5, 0.6) is 5.75 Å². The Bertz CT molecular complexity index is 797. The number of piperidine rings is 1. The number of anilines is 1. The maximum atomic E-state index is 12.6. The lowest BCUT2D eigenvalue weighted by molar-refractivity contribution is -0.140. The summed E-state index contributed by atoms with van der Waals surface area (Å²) in [6.45, 7) is 7.73. The first kappa shape index (κ1) is 18.5. The van der Waals surface area contributed by atoms with Crippen LogP contribution in [0, 0.1) is 5.41 Å². The van der Waals surface area contributed by atoms with Gasteiger partial charge in [-0.25, -0.2) is 4.98 Å². The second-order valence-corrected chi connectivity index (χ2v) is 8.14. The van der Waals surface area contributed by atoms with Gasteiger partial charge in [0.1, 0.15) is 11.6 Å². The number of ether oxygens (including phenoxy) is 1. The molecule has 0 saturated carbocycles. The minimum atomic E-state index is -0.350. The highest BCUT2D eigenvalue weighted by atomic mass is 16.5. The van der Waals surface area contributed by atoms with E-state index in [-0.39, 0.29) is 17.4 Å². The van der Waals surface area contributed by atoms with Gasteiger partial charge >= 0.3 is 0 Å². The van der Waals surface area contributed by atoms with Gasteiger partial charge in [-0.15, -0.1) is 0 Å². The Hall–Kier alpha value is -2.30. The second kappa shape index (κ2) is 7.14. The van der Waals surface area contributed by atoms with Gasteiger partial charge in [-0.3, -0.25) is 4.79 Å². The Labute approximate surface area is 156 Å². The zero-order valence-electron chi connectivity index (χ0n) is 16.5. The van der Waals surface area contributed by atoms with Crippen LogP contribution >= 0.6 is 0 Å². The first-order chi connectivity index (χ1) is 12.3. The number of carbonyl (C=O) groups excluding carboxylic acids is 1. The summed E-state index contributed by atoms with van der Waals surface area (Å²) in [4.78, 5) is 21.7. The maximum absolute atomic E-state index is 12.6. The number of fused-ring (bicyclic) bond motifs is 1. The van der Waals surface area contributed by atoms with E-state index in [0.717, 1.165) is 48.4 Å². The fourth-order valence-electron chi connectivity index (χ4n) is 3.57. The predicted octanol–water partition coefficient (Wildman–Crippen LogP) is 3.72. The standard InChI is InChI=1S/C21H29N3O2/c1-21(2,3)20(25)23(4)16-7-6-12-24(14-16)19-11-8-15-13-17(26-5)9-10-18(15)22-19/h8-11,13,16H,6-7,12,14H2,1-5H3. The van der Waals surface area contributed by atoms with Crippen LogP contribution < -0.4 is 9.64 Å². The van der Waals surface area contributed by atoms with E-state index in [1.54, 1.807) is 7.11 Å². The van der Waals surface area contributed by atoms with Crippen molar-refractivity contribution >= 4 is 22.6 Å². The van der Waals surface area contributed by atoms with Crippen molar-refractivity contribution in [3.8, 4) is 5.75 Å². The molecule has 0 bridgehead atoms. The molecular weight excluding hydrogens is 326 g/mol. The average molecular weight is 355 g/mol. The molecule has 1 saturated heterocycles. The van der Waals surface area contributed by atoms with E-state index in [1.807, 2.05) is 50.9 Å². The van der Waals surface area contributed by atoms with Gasteiger partial charge in [0, 0.05) is 37.0 Å². The molecule has 1 aliphatic rings. The fraction of sp³-hybridized carbons (Fsp3) is 0.524. The second-order valence-electron chi connectivity index (χ2n) is 8.14. The lowest BCUT2D eigenvalue weighted by Crippen LogP contribution is -2.51. The molecule has 2 heterocycles. The SMILES string of the molecule is COc1ccc2nc(N3CCCC(N(C)C(=O)C(C)(C)C)C3)ccc2c1. The van der Waals surface area contributed by atoms with Crippen LogP contribution in [0.1, 0.15) is 33.6 Å². The number of carbonyl (C=O) groups is 1. The van der Waals surface area contributed by atoms with Gasteiger partial charge in [-0.05, 0) is 43.2 Å². The van der Waals surface area contributed by atoms with Crippen molar-refractivity contribution in [3.63, 3.8) is 0 Å². The molecule has 3 rings (SSSR count). The highest BCUT2D eigenvalue weighted by Gasteiger charge is 2.32. The average Bonchev–Trinajstić information content (AvgIpc) is 2.65. The number of amides is 1. The number of methoxy groups -OCH3 is 1. The fourth-order valence-corrected chi connectivity index (χ4v) is 3.57. The Morgan fingerprint density at radius 3 is 2.73 bits per heavy atom. The third-order valence-electron chi connectivity index (χ3n) is 5.11. The van der Waals surface area contributed by atoms with Gasteiger partial charge in [0.25, 0.3) is 0 Å². The summed E-state index contributed by atoms with van der Waals surface area (Å²) in [6.07, 6.45) is 2.11. The third kappa shape index (κ3) is 3.76. The Kier molecular flexibility index (Phi) is 5.08. The zero-order valence-corrected chi connectivity index (χ0v) is 16.5. The molecular formula is C21H29N3O2. The van der Waals surface area contributed by atoms with Gasteiger partial charge < -0.3 is 14.5 Å². The minimum Gasteiger partial charge on any atom is -0.497 e. The molecule has 5 nitrogen and oxygen atoms in total. The third-order valence-corrected chi connectivity index (χ3v) is 5.11. The van der Waals surface area contributed by atoms with Gasteiger partial charge in [0.15, 0.2) is 0 Å². The van der Waals surface area contributed by atoms with Gasteiger partial charge in [-0.1, -0.05) is 20.8 Å². The van der Waals surface area contributed by atoms with Crippen LogP contribution in [0.4, 0.5) is 5.82 Å². The van der Waals surface area contributed by atoms with E-state index in [4.69, 9.17) is 9.72 Å². The van der Waals surface area contributed by atoms with Crippen LogP contribution in [-0.4, -0.2) is 49.1 Å². The van der Waals surface area contributed by atoms with E-state index in [0.29, 0.717) is 0 Å². The summed E-state index contributed by atoms with van der Waals surface area (Å²) >= 11 is 0. The summed E-state index contributed by atoms with van der Waals surface area (Å²) < 4.78 is 5.28. The number of hydrogen-bond acceptors (Lipinski definition) is 4. The Morgan fingerprint density at radius 1 is 1.27 bits per heavy atom. The van der Waals surface area contributed by atoms with Crippen molar-refractivity contribution in [2.75, 3.05) is 32.1 Å². The summed E-state index contributed by atoms with van der Waals surface area (Å²) in [7, 11) is 3.61. The lowest BCUT2D eigenvalue weighted by atomic mass is 9.93. The summed E-state index contributed by atoms with van der Waals surface area (Å²) in [5.41, 5.74) is 0.613. The molecule has 1 aromatic carbocycles. The number of benzene rings is 1. The number of likely N-dealkylation sites (N-methyl/N-ethyl adjacent to an activating group) is 1. The highest BCUT2D eigenvalue weighted by molar-refractivity contribution is 5.82. The molecule has 0 N–H and O–H groups in total. The predicted molar refractivity (Wildman–Crippen MR) is 106 cm³/mol. The number of pyridine rings is 1. The van der Waals surface area contributed by atoms with Crippen LogP contribution in [0.3, 0.4) is 0 Å². The van der Waals surface area contributed by atoms with E-state index in [1.165, 1.54) is 0 Å². The van der Waals surface area contributed by atoms with Crippen LogP contribution in [-0.2, 0) is 4.79 Å². The Morgan fingerprint density at radius 2 is 2.04 bits per heavy atom. The first-order valence-electron chi connectivity index (χ1n) is 9.26. The molecule has 1 aliphatic heterocycles. The number of nitrogens with zero attached hydrogens (tertiary/aromatic N) is 3. The molecule has 26 heavy (non-hydrogen) atoms. The molecule has 1 atom stereocenters. The monoisotopic (exact) mass is 355 g/mol. The van der Waals surface area contributed by atoms with Gasteiger partial charge in [0.05, 0.1) is 12.6 Å². The van der Waals surface area contributed by atoms with Gasteiger partial charge in [-0.2, -0.15) is 0 Å². The quantitative estimate of drug-likeness (QED) is 0.842. The molecule has 5 heteroatoms. The summed E-state index contributed by atoms with van der Waals surface area (Å²) in [6, 6.07) is 10.3. The topological polar surface area (TPSA) is 45.7 Å². The van der Waals surface area contributed by atoms with Crippen LogP contribution in [0.15, 0.2) is 30.3 Å². The Balaban J connectivity index is 1.79. The molecule has 1 fully saturated rings. The van der Waals surface area contributed by atoms with E-state index in [2.05, 4.69) is 17.0 Å². The van der Waals surface area contributed by atoms with Gasteiger partial charge in [0.2, 0.25) is 5.91 Å². The van der Waals surface area contributed by atoms with E-state index < -0.39 is 0 Å². The van der Waals surface area contributed by atoms with Crippen molar-refractivity contribution in [1.29, 1.82) is 0 Å². The molecule has 0 aliphatic carbocycles. The first-order valence-corrected chi connectivity index (χ1v) is 9.26. The number of aromatic nitrogens is 1. The largest absolute Gasteiger partial charge is 0.497 e.